The van der Waals surface area contributed by atoms with E-state index in [0.29, 0.717) is 18.2 Å². The molecule has 6 nitrogen and oxygen atoms in total. The van der Waals surface area contributed by atoms with E-state index in [9.17, 15) is 19.3 Å². The van der Waals surface area contributed by atoms with Crippen LogP contribution in [0.3, 0.4) is 0 Å². The number of carbonyl (C=O) groups is 1. The van der Waals surface area contributed by atoms with E-state index < -0.39 is 10.7 Å². The maximum atomic E-state index is 12.9. The monoisotopic (exact) mass is 345 g/mol. The molecule has 2 rings (SSSR count). The van der Waals surface area contributed by atoms with Crippen LogP contribution in [0.25, 0.3) is 6.08 Å². The van der Waals surface area contributed by atoms with Gasteiger partial charge in [0, 0.05) is 19.5 Å². The molecule has 0 unspecified atom stereocenters. The zero-order valence-electron chi connectivity index (χ0n) is 14.4. The van der Waals surface area contributed by atoms with Crippen molar-refractivity contribution in [2.24, 2.45) is 5.41 Å². The van der Waals surface area contributed by atoms with E-state index in [1.54, 1.807) is 13.1 Å². The Morgan fingerprint density at radius 1 is 1.44 bits per heavy atom. The second-order valence-electron chi connectivity index (χ2n) is 6.29. The topological polar surface area (TPSA) is 96.0 Å². The maximum Gasteiger partial charge on any atom is 0.235 e. The van der Waals surface area contributed by atoms with Crippen molar-refractivity contribution in [2.45, 2.75) is 26.7 Å². The zero-order chi connectivity index (χ0) is 19.0. The summed E-state index contributed by atoms with van der Waals surface area (Å²) in [5.74, 6) is -0.443. The Kier molecular flexibility index (Phi) is 7.00. The second-order valence-corrected chi connectivity index (χ2v) is 6.29. The van der Waals surface area contributed by atoms with Crippen molar-refractivity contribution in [3.8, 4) is 6.07 Å². The van der Waals surface area contributed by atoms with Gasteiger partial charge in [-0.1, -0.05) is 26.0 Å². The van der Waals surface area contributed by atoms with Crippen LogP contribution in [0, 0.1) is 32.7 Å². The molecule has 0 radical (unpaired) electrons. The molecule has 25 heavy (non-hydrogen) atoms. The Morgan fingerprint density at radius 3 is 2.60 bits per heavy atom. The minimum atomic E-state index is -0.682. The molecule has 7 heteroatoms. The quantitative estimate of drug-likeness (QED) is 0.669. The van der Waals surface area contributed by atoms with Gasteiger partial charge in [0.1, 0.15) is 11.9 Å². The molecule has 1 aliphatic rings. The molecule has 0 aliphatic heterocycles. The van der Waals surface area contributed by atoms with Crippen molar-refractivity contribution in [1.82, 2.24) is 5.32 Å². The van der Waals surface area contributed by atoms with Crippen LogP contribution in [0.15, 0.2) is 36.2 Å². The summed E-state index contributed by atoms with van der Waals surface area (Å²) in [6, 6.07) is 5.43. The molecule has 0 saturated carbocycles. The smallest absolute Gasteiger partial charge is 0.235 e. The minimum Gasteiger partial charge on any atom is -0.386 e. The van der Waals surface area contributed by atoms with Crippen molar-refractivity contribution in [1.29, 1.82) is 5.26 Å². The summed E-state index contributed by atoms with van der Waals surface area (Å²) in [5.41, 5.74) is 1.21. The standard InChI is InChI=1S/C9H5FN2O2.C9H15NO/c10-9-5-7(3-4-12(13)14)1-2-8(9)6-11;1-9(2)5-4-7(10-3)8(11)6-9/h1-5H;4,10H,5-6H2,1-3H3/b4-3+;. The Labute approximate surface area is 145 Å². The molecule has 0 aromatic heterocycles. The first-order valence-corrected chi connectivity index (χ1v) is 7.61. The third-order valence-corrected chi connectivity index (χ3v) is 3.57. The first kappa shape index (κ1) is 20.0. The van der Waals surface area contributed by atoms with Crippen molar-refractivity contribution < 1.29 is 14.1 Å². The molecule has 0 atom stereocenters. The summed E-state index contributed by atoms with van der Waals surface area (Å²) >= 11 is 0. The Balaban J connectivity index is 0.000000257. The second kappa shape index (κ2) is 8.73. The Morgan fingerprint density at radius 2 is 2.12 bits per heavy atom. The highest BCUT2D eigenvalue weighted by molar-refractivity contribution is 5.95. The highest BCUT2D eigenvalue weighted by Gasteiger charge is 2.26. The Bertz CT molecular complexity index is 761. The van der Waals surface area contributed by atoms with Crippen LogP contribution < -0.4 is 5.32 Å². The number of carbonyl (C=O) groups excluding carboxylic acids is 1. The van der Waals surface area contributed by atoms with E-state index >= 15 is 0 Å². The van der Waals surface area contributed by atoms with Gasteiger partial charge in [-0.25, -0.2) is 4.39 Å². The number of allylic oxidation sites excluding steroid dienone is 2. The summed E-state index contributed by atoms with van der Waals surface area (Å²) in [7, 11) is 1.79. The number of rotatable bonds is 3. The summed E-state index contributed by atoms with van der Waals surface area (Å²) < 4.78 is 12.9. The van der Waals surface area contributed by atoms with Gasteiger partial charge in [0.05, 0.1) is 16.2 Å². The fourth-order valence-electron chi connectivity index (χ4n) is 2.21. The lowest BCUT2D eigenvalue weighted by atomic mass is 9.79. The molecule has 0 spiro atoms. The summed E-state index contributed by atoms with van der Waals surface area (Å²) in [6.07, 6.45) is 5.52. The van der Waals surface area contributed by atoms with Gasteiger partial charge < -0.3 is 5.32 Å². The van der Waals surface area contributed by atoms with Gasteiger partial charge >= 0.3 is 0 Å². The Hall–Kier alpha value is -3.01. The lowest BCUT2D eigenvalue weighted by Crippen LogP contribution is -2.27. The van der Waals surface area contributed by atoms with Crippen molar-refractivity contribution in [3.63, 3.8) is 0 Å². The number of hydrogen-bond acceptors (Lipinski definition) is 5. The van der Waals surface area contributed by atoms with Crippen LogP contribution in [0.2, 0.25) is 0 Å². The van der Waals surface area contributed by atoms with Gasteiger partial charge in [-0.2, -0.15) is 5.26 Å². The average molecular weight is 345 g/mol. The van der Waals surface area contributed by atoms with Crippen LogP contribution >= 0.6 is 0 Å². The molecule has 0 heterocycles. The number of nitro groups is 1. The highest BCUT2D eigenvalue weighted by Crippen LogP contribution is 2.31. The predicted octanol–water partition coefficient (Wildman–Crippen LogP) is 3.42. The molecule has 0 saturated heterocycles. The number of halogens is 1. The van der Waals surface area contributed by atoms with Gasteiger partial charge in [0.25, 0.3) is 0 Å². The number of likely N-dealkylation sites (N-methyl/N-ethyl adjacent to an activating group) is 1. The molecule has 0 bridgehead atoms. The first-order valence-electron chi connectivity index (χ1n) is 7.61. The zero-order valence-corrected chi connectivity index (χ0v) is 14.4. The molecular weight excluding hydrogens is 325 g/mol. The van der Waals surface area contributed by atoms with Crippen molar-refractivity contribution >= 4 is 11.9 Å². The van der Waals surface area contributed by atoms with Crippen LogP contribution in [-0.4, -0.2) is 17.8 Å². The van der Waals surface area contributed by atoms with E-state index in [-0.39, 0.29) is 16.8 Å². The molecule has 1 aromatic rings. The van der Waals surface area contributed by atoms with E-state index in [2.05, 4.69) is 19.2 Å². The van der Waals surface area contributed by atoms with Gasteiger partial charge in [-0.05, 0) is 29.5 Å². The summed E-state index contributed by atoms with van der Waals surface area (Å²) in [4.78, 5) is 20.6. The fraction of sp³-hybridized carbons (Fsp3) is 0.333. The normalized spacial score (nSPS) is 15.6. The van der Waals surface area contributed by atoms with Crippen LogP contribution in [0.4, 0.5) is 4.39 Å². The first-order chi connectivity index (χ1) is 11.7. The number of nitrogens with one attached hydrogen (secondary N) is 1. The molecule has 0 fully saturated rings. The van der Waals surface area contributed by atoms with Gasteiger partial charge in [0.2, 0.25) is 6.20 Å². The van der Waals surface area contributed by atoms with Gasteiger partial charge in [-0.3, -0.25) is 14.9 Å². The number of benzene rings is 1. The van der Waals surface area contributed by atoms with E-state index in [4.69, 9.17) is 5.26 Å². The SMILES string of the molecule is CNC1=CCC(C)(C)CC1=O.N#Cc1ccc(/C=C/[N+](=O)[O-])cc1F. The largest absolute Gasteiger partial charge is 0.386 e. The molecule has 132 valence electrons. The van der Waals surface area contributed by atoms with Crippen LogP contribution in [-0.2, 0) is 4.79 Å². The van der Waals surface area contributed by atoms with Crippen LogP contribution in [0.5, 0.6) is 0 Å². The number of nitrogens with zero attached hydrogens (tertiary/aromatic N) is 2. The highest BCUT2D eigenvalue weighted by atomic mass is 19.1. The third-order valence-electron chi connectivity index (χ3n) is 3.57. The molecular formula is C18H20FN3O3. The number of hydrogen-bond donors (Lipinski definition) is 1. The number of ketones is 1. The third kappa shape index (κ3) is 6.55. The summed E-state index contributed by atoms with van der Waals surface area (Å²) in [5, 5.41) is 21.3. The molecule has 1 N–H and O–H groups in total. The number of Topliss-reactive ketones (excluding diaryl/α,β-unsaturated/α-hetero) is 1. The summed E-state index contributed by atoms with van der Waals surface area (Å²) in [6.45, 7) is 4.24. The van der Waals surface area contributed by atoms with E-state index in [0.717, 1.165) is 24.3 Å². The van der Waals surface area contributed by atoms with E-state index in [1.807, 2.05) is 6.08 Å². The van der Waals surface area contributed by atoms with Crippen molar-refractivity contribution in [3.05, 3.63) is 63.2 Å². The molecule has 1 aliphatic carbocycles. The lowest BCUT2D eigenvalue weighted by molar-refractivity contribution is -0.400. The van der Waals surface area contributed by atoms with Gasteiger partial charge in [-0.15, -0.1) is 0 Å². The predicted molar refractivity (Wildman–Crippen MR) is 92.3 cm³/mol. The lowest BCUT2D eigenvalue weighted by Gasteiger charge is -2.27. The van der Waals surface area contributed by atoms with Crippen LogP contribution in [0.1, 0.15) is 37.8 Å². The molecule has 0 amide bonds. The van der Waals surface area contributed by atoms with Crippen molar-refractivity contribution in [2.75, 3.05) is 7.05 Å². The maximum absolute atomic E-state index is 12.9. The van der Waals surface area contributed by atoms with E-state index in [1.165, 1.54) is 12.1 Å². The van der Waals surface area contributed by atoms with Gasteiger partial charge in [0.15, 0.2) is 5.78 Å². The average Bonchev–Trinajstić information content (AvgIpc) is 2.53. The minimum absolute atomic E-state index is 0.0803. The number of nitriles is 1. The fourth-order valence-corrected chi connectivity index (χ4v) is 2.21. The molecule has 1 aromatic carbocycles.